The molecule has 2 saturated heterocycles. The van der Waals surface area contributed by atoms with Crippen LogP contribution in [-0.4, -0.2) is 48.0 Å². The van der Waals surface area contributed by atoms with E-state index in [2.05, 4.69) is 24.1 Å². The minimum absolute atomic E-state index is 0. The van der Waals surface area contributed by atoms with Crippen LogP contribution in [-0.2, 0) is 4.79 Å². The first-order chi connectivity index (χ1) is 7.62. The molecule has 5 heteroatoms. The molecule has 0 aromatic rings. The smallest absolute Gasteiger partial charge is 0.229 e. The fourth-order valence-electron chi connectivity index (χ4n) is 2.62. The molecule has 17 heavy (non-hydrogen) atoms. The minimum Gasteiger partial charge on any atom is -0.340 e. The molecule has 2 atom stereocenters. The largest absolute Gasteiger partial charge is 0.340 e. The van der Waals surface area contributed by atoms with Gasteiger partial charge in [0.25, 0.3) is 0 Å². The molecule has 1 amide bonds. The number of rotatable bonds is 1. The average molecular weight is 279 g/mol. The topological polar surface area (TPSA) is 32.3 Å². The zero-order chi connectivity index (χ0) is 11.6. The van der Waals surface area contributed by atoms with Crippen molar-refractivity contribution in [2.75, 3.05) is 31.9 Å². The van der Waals surface area contributed by atoms with Gasteiger partial charge in [0.2, 0.25) is 5.91 Å². The number of thioether (sulfide) groups is 1. The molecule has 0 aromatic heterocycles. The molecule has 0 saturated carbocycles. The molecular formula is C12H23ClN2OS. The number of carbonyl (C=O) groups excluding carboxylic acids is 1. The third-order valence-corrected chi connectivity index (χ3v) is 4.78. The number of amides is 1. The molecule has 100 valence electrons. The van der Waals surface area contributed by atoms with Crippen LogP contribution in [0.25, 0.3) is 0 Å². The maximum absolute atomic E-state index is 12.5. The van der Waals surface area contributed by atoms with Gasteiger partial charge in [-0.1, -0.05) is 6.92 Å². The highest BCUT2D eigenvalue weighted by molar-refractivity contribution is 7.99. The second-order valence-electron chi connectivity index (χ2n) is 5.27. The van der Waals surface area contributed by atoms with Crippen molar-refractivity contribution in [3.8, 4) is 0 Å². The van der Waals surface area contributed by atoms with Crippen LogP contribution in [0.1, 0.15) is 26.7 Å². The van der Waals surface area contributed by atoms with E-state index in [1.165, 1.54) is 0 Å². The molecule has 0 aromatic carbocycles. The Kier molecular flexibility index (Phi) is 5.61. The second kappa shape index (κ2) is 6.30. The van der Waals surface area contributed by atoms with Crippen molar-refractivity contribution in [2.45, 2.75) is 31.9 Å². The van der Waals surface area contributed by atoms with Crippen LogP contribution < -0.4 is 5.32 Å². The lowest BCUT2D eigenvalue weighted by Crippen LogP contribution is -2.53. The predicted octanol–water partition coefficient (Wildman–Crippen LogP) is 1.76. The quantitative estimate of drug-likeness (QED) is 0.793. The van der Waals surface area contributed by atoms with Gasteiger partial charge in [0.05, 0.1) is 5.41 Å². The summed E-state index contributed by atoms with van der Waals surface area (Å²) in [5.74, 6) is 1.46. The Labute approximate surface area is 114 Å². The zero-order valence-corrected chi connectivity index (χ0v) is 12.3. The van der Waals surface area contributed by atoms with Crippen molar-refractivity contribution in [3.63, 3.8) is 0 Å². The number of nitrogens with one attached hydrogen (secondary N) is 1. The molecule has 2 unspecified atom stereocenters. The Morgan fingerprint density at radius 3 is 2.88 bits per heavy atom. The van der Waals surface area contributed by atoms with Crippen molar-refractivity contribution in [1.29, 1.82) is 0 Å². The van der Waals surface area contributed by atoms with Gasteiger partial charge in [-0.15, -0.1) is 12.4 Å². The Balaban J connectivity index is 0.00000144. The number of hydrogen-bond acceptors (Lipinski definition) is 3. The van der Waals surface area contributed by atoms with Crippen LogP contribution in [0.3, 0.4) is 0 Å². The summed E-state index contributed by atoms with van der Waals surface area (Å²) in [4.78, 5) is 14.6. The van der Waals surface area contributed by atoms with Crippen molar-refractivity contribution in [3.05, 3.63) is 0 Å². The van der Waals surface area contributed by atoms with E-state index in [1.54, 1.807) is 0 Å². The summed E-state index contributed by atoms with van der Waals surface area (Å²) in [6, 6.07) is 0. The summed E-state index contributed by atoms with van der Waals surface area (Å²) < 4.78 is 0. The molecular weight excluding hydrogens is 256 g/mol. The van der Waals surface area contributed by atoms with Crippen molar-refractivity contribution >= 4 is 30.1 Å². The Hall–Kier alpha value is 0.0700. The van der Waals surface area contributed by atoms with Crippen LogP contribution in [0.5, 0.6) is 0 Å². The Bertz CT molecular complexity index is 269. The van der Waals surface area contributed by atoms with Crippen LogP contribution in [0.2, 0.25) is 0 Å². The normalized spacial score (nSPS) is 34.0. The Morgan fingerprint density at radius 2 is 2.29 bits per heavy atom. The lowest BCUT2D eigenvalue weighted by molar-refractivity contribution is -0.142. The predicted molar refractivity (Wildman–Crippen MR) is 76.0 cm³/mol. The van der Waals surface area contributed by atoms with Gasteiger partial charge in [-0.25, -0.2) is 0 Å². The second-order valence-corrected chi connectivity index (χ2v) is 6.82. The monoisotopic (exact) mass is 278 g/mol. The fraction of sp³-hybridized carbons (Fsp3) is 0.917. The van der Waals surface area contributed by atoms with Gasteiger partial charge in [-0.05, 0) is 26.3 Å². The minimum atomic E-state index is -0.153. The maximum Gasteiger partial charge on any atom is 0.229 e. The summed E-state index contributed by atoms with van der Waals surface area (Å²) in [6.45, 7) is 8.11. The van der Waals surface area contributed by atoms with Crippen LogP contribution in [0, 0.1) is 5.41 Å². The van der Waals surface area contributed by atoms with Gasteiger partial charge in [-0.2, -0.15) is 11.8 Å². The van der Waals surface area contributed by atoms with E-state index in [0.717, 1.165) is 44.8 Å². The van der Waals surface area contributed by atoms with E-state index in [1.807, 2.05) is 11.8 Å². The van der Waals surface area contributed by atoms with Crippen LogP contribution >= 0.6 is 24.2 Å². The van der Waals surface area contributed by atoms with Gasteiger partial charge < -0.3 is 10.2 Å². The van der Waals surface area contributed by atoms with E-state index >= 15 is 0 Å². The highest BCUT2D eigenvalue weighted by atomic mass is 35.5. The van der Waals surface area contributed by atoms with E-state index < -0.39 is 0 Å². The van der Waals surface area contributed by atoms with E-state index in [4.69, 9.17) is 0 Å². The van der Waals surface area contributed by atoms with E-state index in [-0.39, 0.29) is 17.8 Å². The molecule has 1 N–H and O–H groups in total. The van der Waals surface area contributed by atoms with Crippen molar-refractivity contribution < 1.29 is 4.79 Å². The van der Waals surface area contributed by atoms with Gasteiger partial charge in [0, 0.05) is 30.6 Å². The Morgan fingerprint density at radius 1 is 1.53 bits per heavy atom. The third-order valence-electron chi connectivity index (χ3n) is 3.64. The highest BCUT2D eigenvalue weighted by Gasteiger charge is 2.38. The summed E-state index contributed by atoms with van der Waals surface area (Å²) >= 11 is 1.98. The molecule has 2 fully saturated rings. The van der Waals surface area contributed by atoms with E-state index in [9.17, 15) is 4.79 Å². The maximum atomic E-state index is 12.5. The summed E-state index contributed by atoms with van der Waals surface area (Å²) in [5, 5.41) is 3.95. The van der Waals surface area contributed by atoms with Crippen molar-refractivity contribution in [2.24, 2.45) is 5.41 Å². The fourth-order valence-corrected chi connectivity index (χ4v) is 3.64. The molecule has 2 heterocycles. The van der Waals surface area contributed by atoms with E-state index in [0.29, 0.717) is 11.2 Å². The number of carbonyl (C=O) groups is 1. The average Bonchev–Trinajstić information content (AvgIpc) is 2.29. The molecule has 0 aliphatic carbocycles. The molecule has 2 aliphatic heterocycles. The van der Waals surface area contributed by atoms with Gasteiger partial charge in [0.15, 0.2) is 0 Å². The SMILES string of the molecule is CC1CN(C(=O)C2(C)CCCNC2)CCS1.Cl. The van der Waals surface area contributed by atoms with Crippen molar-refractivity contribution in [1.82, 2.24) is 10.2 Å². The summed E-state index contributed by atoms with van der Waals surface area (Å²) in [6.07, 6.45) is 2.16. The third kappa shape index (κ3) is 3.52. The molecule has 2 rings (SSSR count). The molecule has 2 aliphatic rings. The number of nitrogens with zero attached hydrogens (tertiary/aromatic N) is 1. The number of piperidine rings is 1. The number of hydrogen-bond donors (Lipinski definition) is 1. The van der Waals surface area contributed by atoms with Gasteiger partial charge >= 0.3 is 0 Å². The first kappa shape index (κ1) is 15.1. The molecule has 0 radical (unpaired) electrons. The first-order valence-electron chi connectivity index (χ1n) is 6.23. The lowest BCUT2D eigenvalue weighted by Gasteiger charge is -2.40. The van der Waals surface area contributed by atoms with Crippen LogP contribution in [0.15, 0.2) is 0 Å². The lowest BCUT2D eigenvalue weighted by atomic mass is 9.81. The van der Waals surface area contributed by atoms with Gasteiger partial charge in [0.1, 0.15) is 0 Å². The zero-order valence-electron chi connectivity index (χ0n) is 10.7. The standard InChI is InChI=1S/C12H22N2OS.ClH/c1-10-8-14(6-7-16-10)11(15)12(2)4-3-5-13-9-12;/h10,13H,3-9H2,1-2H3;1H. The molecule has 3 nitrogen and oxygen atoms in total. The summed E-state index contributed by atoms with van der Waals surface area (Å²) in [5.41, 5.74) is -0.153. The first-order valence-corrected chi connectivity index (χ1v) is 7.28. The van der Waals surface area contributed by atoms with Gasteiger partial charge in [-0.3, -0.25) is 4.79 Å². The highest BCUT2D eigenvalue weighted by Crippen LogP contribution is 2.30. The summed E-state index contributed by atoms with van der Waals surface area (Å²) in [7, 11) is 0. The molecule has 0 bridgehead atoms. The number of halogens is 1. The molecule has 0 spiro atoms. The van der Waals surface area contributed by atoms with Crippen LogP contribution in [0.4, 0.5) is 0 Å².